The molecule has 0 fully saturated rings. The summed E-state index contributed by atoms with van der Waals surface area (Å²) < 4.78 is 4.58. The first-order valence-corrected chi connectivity index (χ1v) is 20.0. The maximum Gasteiger partial charge on any atom is 0.220 e. The Morgan fingerprint density at radius 1 is 0.450 bits per heavy atom. The van der Waals surface area contributed by atoms with Crippen LogP contribution >= 0.6 is 0 Å². The van der Waals surface area contributed by atoms with Crippen molar-refractivity contribution in [3.8, 4) is 50.8 Å². The molecular formula is C55H31N5. The molecule has 60 heavy (non-hydrogen) atoms. The maximum absolute atomic E-state index is 11.7. The summed E-state index contributed by atoms with van der Waals surface area (Å²) in [5, 5.41) is 20.6. The van der Waals surface area contributed by atoms with E-state index in [4.69, 9.17) is 6.57 Å². The first-order valence-electron chi connectivity index (χ1n) is 20.0. The zero-order valence-electron chi connectivity index (χ0n) is 32.1. The Kier molecular flexibility index (Phi) is 7.29. The highest BCUT2D eigenvalue weighted by molar-refractivity contribution is 6.34. The van der Waals surface area contributed by atoms with E-state index in [0.29, 0.717) is 16.8 Å². The van der Waals surface area contributed by atoms with Crippen LogP contribution in [0.15, 0.2) is 188 Å². The molecule has 0 radical (unpaired) electrons. The summed E-state index contributed by atoms with van der Waals surface area (Å²) in [6.45, 7) is 9.14. The third-order valence-corrected chi connectivity index (χ3v) is 12.2. The zero-order chi connectivity index (χ0) is 39.9. The van der Waals surface area contributed by atoms with Crippen LogP contribution < -0.4 is 0 Å². The van der Waals surface area contributed by atoms with E-state index in [1.807, 2.05) is 67.0 Å². The summed E-state index contributed by atoms with van der Waals surface area (Å²) in [5.74, 6) is 0. The van der Waals surface area contributed by atoms with Gasteiger partial charge in [0.1, 0.15) is 6.07 Å². The molecule has 0 aliphatic heterocycles. The number of nitrogens with zero attached hydrogens (tertiary/aromatic N) is 5. The van der Waals surface area contributed by atoms with Gasteiger partial charge in [-0.15, -0.1) is 0 Å². The average Bonchev–Trinajstić information content (AvgIpc) is 3.84. The van der Waals surface area contributed by atoms with Gasteiger partial charge in [0.15, 0.2) is 0 Å². The molecule has 5 heteroatoms. The van der Waals surface area contributed by atoms with Crippen LogP contribution in [0.1, 0.15) is 5.56 Å². The quantitative estimate of drug-likeness (QED) is 0.130. The molecule has 0 unspecified atom stereocenters. The van der Waals surface area contributed by atoms with Gasteiger partial charge in [-0.1, -0.05) is 146 Å². The minimum atomic E-state index is 0.416. The Bertz CT molecular complexity index is 3680. The molecule has 0 N–H and O–H groups in total. The summed E-state index contributed by atoms with van der Waals surface area (Å²) in [4.78, 5) is 9.04. The third kappa shape index (κ3) is 4.63. The molecule has 0 aliphatic carbocycles. The number of benzene rings is 9. The topological polar surface area (TPSA) is 50.9 Å². The summed E-state index contributed by atoms with van der Waals surface area (Å²) in [7, 11) is 0. The number of pyridine rings is 1. The lowest BCUT2D eigenvalue weighted by Gasteiger charge is -2.25. The Hall–Kier alpha value is -8.51. The molecule has 3 heterocycles. The monoisotopic (exact) mass is 761 g/mol. The second-order valence-electron chi connectivity index (χ2n) is 15.2. The molecular weight excluding hydrogens is 731 g/mol. The number of hydrogen-bond donors (Lipinski definition) is 0. The molecule has 0 amide bonds. The fraction of sp³-hybridized carbons (Fsp3) is 0. The van der Waals surface area contributed by atoms with Crippen LogP contribution in [0.2, 0.25) is 0 Å². The smallest absolute Gasteiger partial charge is 0.220 e. The van der Waals surface area contributed by atoms with Gasteiger partial charge in [-0.25, -0.2) is 4.85 Å². The van der Waals surface area contributed by atoms with E-state index in [9.17, 15) is 5.26 Å². The van der Waals surface area contributed by atoms with E-state index in [0.717, 1.165) is 104 Å². The Labute approximate surface area is 345 Å². The highest BCUT2D eigenvalue weighted by atomic mass is 15.0. The lowest BCUT2D eigenvalue weighted by Crippen LogP contribution is -2.08. The lowest BCUT2D eigenvalue weighted by atomic mass is 9.88. The molecule has 0 saturated heterocycles. The van der Waals surface area contributed by atoms with Gasteiger partial charge in [0.05, 0.1) is 45.6 Å². The van der Waals surface area contributed by atoms with Gasteiger partial charge in [-0.2, -0.15) is 5.26 Å². The van der Waals surface area contributed by atoms with Crippen molar-refractivity contribution in [3.05, 3.63) is 205 Å². The zero-order valence-corrected chi connectivity index (χ0v) is 32.1. The van der Waals surface area contributed by atoms with Gasteiger partial charge in [-0.05, 0) is 68.7 Å². The van der Waals surface area contributed by atoms with Crippen LogP contribution in [0.25, 0.3) is 115 Å². The molecule has 276 valence electrons. The van der Waals surface area contributed by atoms with Crippen molar-refractivity contribution < 1.29 is 0 Å². The summed E-state index contributed by atoms with van der Waals surface area (Å²) in [6.07, 6.45) is 3.82. The largest absolute Gasteiger partial charge is 0.318 e. The van der Waals surface area contributed by atoms with Crippen LogP contribution in [-0.2, 0) is 0 Å². The predicted octanol–water partition coefficient (Wildman–Crippen LogP) is 14.4. The predicted molar refractivity (Wildman–Crippen MR) is 246 cm³/mol. The molecule has 5 nitrogen and oxygen atoms in total. The maximum atomic E-state index is 11.7. The molecule has 3 aromatic heterocycles. The Balaban J connectivity index is 1.36. The van der Waals surface area contributed by atoms with E-state index in [2.05, 4.69) is 146 Å². The van der Waals surface area contributed by atoms with Gasteiger partial charge >= 0.3 is 0 Å². The SMILES string of the molecule is [C-]#[N+]c1c(-c2ccccc2)c(C#N)c(-n2c3ccccc3c3ccc(-c4ccccc4)cc32)c(-c2ccccc2)c1-n1c2cccc3c4ccncc4c4cccc1c4c32. The Morgan fingerprint density at radius 3 is 1.67 bits per heavy atom. The highest BCUT2D eigenvalue weighted by Crippen LogP contribution is 2.53. The minimum Gasteiger partial charge on any atom is -0.318 e. The van der Waals surface area contributed by atoms with Crippen molar-refractivity contribution in [1.29, 1.82) is 5.26 Å². The first-order chi connectivity index (χ1) is 29.7. The molecule has 0 spiro atoms. The van der Waals surface area contributed by atoms with E-state index in [1.54, 1.807) is 0 Å². The molecule has 0 bridgehead atoms. The average molecular weight is 762 g/mol. The molecule has 0 atom stereocenters. The van der Waals surface area contributed by atoms with Crippen LogP contribution in [-0.4, -0.2) is 14.1 Å². The van der Waals surface area contributed by atoms with Gasteiger partial charge in [-0.3, -0.25) is 4.98 Å². The number of rotatable bonds is 5. The Morgan fingerprint density at radius 2 is 1.00 bits per heavy atom. The van der Waals surface area contributed by atoms with Gasteiger partial charge in [0.25, 0.3) is 0 Å². The van der Waals surface area contributed by atoms with Crippen LogP contribution in [0.5, 0.6) is 0 Å². The van der Waals surface area contributed by atoms with E-state index < -0.39 is 0 Å². The van der Waals surface area contributed by atoms with Crippen molar-refractivity contribution in [2.45, 2.75) is 0 Å². The standard InChI is InChI=1S/C55H31N5/c1-57-53-49(35-17-7-3-8-18-35)43(32-56)54(59-45-24-12-11-21-39(45)40-28-27-37(31-48(40)59)34-15-5-2-6-16-34)50(36-19-9-4-10-20-36)55(53)60-46-25-13-22-41-38-29-30-58-33-44(38)42-23-14-26-47(60)52(42)51(41)46/h2-31,33H. The molecule has 12 aromatic rings. The summed E-state index contributed by atoms with van der Waals surface area (Å²) >= 11 is 0. The van der Waals surface area contributed by atoms with Gasteiger partial charge < -0.3 is 9.13 Å². The number of nitriles is 1. The molecule has 9 aromatic carbocycles. The van der Waals surface area contributed by atoms with Crippen LogP contribution in [0.4, 0.5) is 5.69 Å². The lowest BCUT2D eigenvalue weighted by molar-refractivity contribution is 1.13. The van der Waals surface area contributed by atoms with Crippen molar-refractivity contribution in [2.24, 2.45) is 0 Å². The number of aromatic nitrogens is 3. The third-order valence-electron chi connectivity index (χ3n) is 12.2. The molecule has 0 saturated carbocycles. The van der Waals surface area contributed by atoms with Crippen LogP contribution in [0, 0.1) is 17.9 Å². The van der Waals surface area contributed by atoms with Crippen LogP contribution in [0.3, 0.4) is 0 Å². The van der Waals surface area contributed by atoms with E-state index in [-0.39, 0.29) is 0 Å². The van der Waals surface area contributed by atoms with Crippen molar-refractivity contribution in [2.75, 3.05) is 0 Å². The van der Waals surface area contributed by atoms with Crippen molar-refractivity contribution >= 4 is 70.8 Å². The number of para-hydroxylation sites is 1. The number of hydrogen-bond acceptors (Lipinski definition) is 2. The van der Waals surface area contributed by atoms with Crippen molar-refractivity contribution in [3.63, 3.8) is 0 Å². The van der Waals surface area contributed by atoms with E-state index in [1.165, 1.54) is 0 Å². The highest BCUT2D eigenvalue weighted by Gasteiger charge is 2.32. The second kappa shape index (κ2) is 13.0. The second-order valence-corrected chi connectivity index (χ2v) is 15.2. The fourth-order valence-corrected chi connectivity index (χ4v) is 9.80. The summed E-state index contributed by atoms with van der Waals surface area (Å²) in [6, 6.07) is 63.5. The van der Waals surface area contributed by atoms with Gasteiger partial charge in [0.2, 0.25) is 5.69 Å². The first kappa shape index (κ1) is 33.6. The number of fused-ring (bicyclic) bond motifs is 6. The van der Waals surface area contributed by atoms with Crippen molar-refractivity contribution in [1.82, 2.24) is 14.1 Å². The van der Waals surface area contributed by atoms with Gasteiger partial charge in [0, 0.05) is 50.5 Å². The summed E-state index contributed by atoms with van der Waals surface area (Å²) in [5.41, 5.74) is 11.5. The minimum absolute atomic E-state index is 0.416. The normalized spacial score (nSPS) is 11.6. The van der Waals surface area contributed by atoms with E-state index >= 15 is 0 Å². The molecule has 0 aliphatic rings. The fourth-order valence-electron chi connectivity index (χ4n) is 9.80. The molecule has 12 rings (SSSR count).